The second kappa shape index (κ2) is 3.80. The van der Waals surface area contributed by atoms with Gasteiger partial charge >= 0.3 is 0 Å². The predicted octanol–water partition coefficient (Wildman–Crippen LogP) is 0.932. The quantitative estimate of drug-likeness (QED) is 0.611. The standard InChI is InChI=1S/C11H20O3/c1-6-9-5-3-4-8(12)11(14-9)7(2)10(6)13/h6-13H,3-5H2,1-2H3/t6-,7-,8-,9+,10-,11+/m1/s1. The summed E-state index contributed by atoms with van der Waals surface area (Å²) in [7, 11) is 0. The Morgan fingerprint density at radius 2 is 1.79 bits per heavy atom. The van der Waals surface area contributed by atoms with Crippen molar-refractivity contribution in [1.29, 1.82) is 0 Å². The molecule has 2 rings (SSSR count). The van der Waals surface area contributed by atoms with Crippen LogP contribution in [0.25, 0.3) is 0 Å². The van der Waals surface area contributed by atoms with E-state index < -0.39 is 6.10 Å². The molecular weight excluding hydrogens is 180 g/mol. The lowest BCUT2D eigenvalue weighted by Gasteiger charge is -2.42. The van der Waals surface area contributed by atoms with Crippen molar-refractivity contribution >= 4 is 0 Å². The Balaban J connectivity index is 2.19. The lowest BCUT2D eigenvalue weighted by atomic mass is 9.82. The molecule has 2 saturated heterocycles. The monoisotopic (exact) mass is 200 g/mol. The van der Waals surface area contributed by atoms with E-state index in [1.165, 1.54) is 0 Å². The van der Waals surface area contributed by atoms with Crippen LogP contribution >= 0.6 is 0 Å². The van der Waals surface area contributed by atoms with Gasteiger partial charge in [-0.3, -0.25) is 0 Å². The third-order valence-corrected chi connectivity index (χ3v) is 3.88. The summed E-state index contributed by atoms with van der Waals surface area (Å²) in [6.45, 7) is 4.01. The van der Waals surface area contributed by atoms with Gasteiger partial charge in [-0.1, -0.05) is 13.8 Å². The lowest BCUT2D eigenvalue weighted by molar-refractivity contribution is -0.185. The minimum absolute atomic E-state index is 0.0503. The molecule has 0 radical (unpaired) electrons. The average molecular weight is 200 g/mol. The number of hydrogen-bond donors (Lipinski definition) is 2. The molecule has 0 spiro atoms. The largest absolute Gasteiger partial charge is 0.392 e. The third-order valence-electron chi connectivity index (χ3n) is 3.88. The van der Waals surface area contributed by atoms with Crippen molar-refractivity contribution < 1.29 is 14.9 Å². The normalized spacial score (nSPS) is 54.0. The van der Waals surface area contributed by atoms with Gasteiger partial charge in [-0.15, -0.1) is 0 Å². The zero-order chi connectivity index (χ0) is 10.3. The van der Waals surface area contributed by atoms with Crippen molar-refractivity contribution in [2.45, 2.75) is 57.5 Å². The molecule has 0 amide bonds. The van der Waals surface area contributed by atoms with Gasteiger partial charge in [0, 0.05) is 11.8 Å². The molecule has 2 bridgehead atoms. The van der Waals surface area contributed by atoms with E-state index in [9.17, 15) is 10.2 Å². The second-order valence-electron chi connectivity index (χ2n) is 4.85. The molecule has 2 N–H and O–H groups in total. The van der Waals surface area contributed by atoms with Gasteiger partial charge in [0.05, 0.1) is 24.4 Å². The van der Waals surface area contributed by atoms with Gasteiger partial charge in [0.1, 0.15) is 0 Å². The van der Waals surface area contributed by atoms with Crippen LogP contribution in [0.4, 0.5) is 0 Å². The first-order chi connectivity index (χ1) is 6.61. The molecule has 0 aromatic rings. The van der Waals surface area contributed by atoms with Gasteiger partial charge < -0.3 is 14.9 Å². The Bertz CT molecular complexity index is 207. The van der Waals surface area contributed by atoms with Crippen LogP contribution in [0.1, 0.15) is 33.1 Å². The van der Waals surface area contributed by atoms with Crippen molar-refractivity contribution in [3.05, 3.63) is 0 Å². The molecular formula is C11H20O3. The molecule has 0 aliphatic carbocycles. The number of fused-ring (bicyclic) bond motifs is 2. The van der Waals surface area contributed by atoms with E-state index in [4.69, 9.17) is 4.74 Å². The highest BCUT2D eigenvalue weighted by Gasteiger charge is 2.44. The van der Waals surface area contributed by atoms with Gasteiger partial charge in [-0.2, -0.15) is 0 Å². The molecule has 3 nitrogen and oxygen atoms in total. The zero-order valence-corrected chi connectivity index (χ0v) is 8.89. The number of hydrogen-bond acceptors (Lipinski definition) is 3. The van der Waals surface area contributed by atoms with Gasteiger partial charge in [-0.05, 0) is 19.3 Å². The minimum Gasteiger partial charge on any atom is -0.392 e. The first-order valence-electron chi connectivity index (χ1n) is 5.63. The molecule has 2 aliphatic rings. The fourth-order valence-corrected chi connectivity index (χ4v) is 2.81. The van der Waals surface area contributed by atoms with E-state index in [1.54, 1.807) is 0 Å². The molecule has 0 saturated carbocycles. The lowest BCUT2D eigenvalue weighted by Crippen LogP contribution is -2.51. The Morgan fingerprint density at radius 1 is 1.07 bits per heavy atom. The number of aliphatic hydroxyl groups excluding tert-OH is 2. The van der Waals surface area contributed by atoms with Crippen LogP contribution in [0.3, 0.4) is 0 Å². The van der Waals surface area contributed by atoms with E-state index in [2.05, 4.69) is 0 Å². The third kappa shape index (κ3) is 1.58. The molecule has 2 heterocycles. The highest BCUT2D eigenvalue weighted by atomic mass is 16.5. The number of rotatable bonds is 0. The van der Waals surface area contributed by atoms with Gasteiger partial charge in [0.2, 0.25) is 0 Å². The van der Waals surface area contributed by atoms with Gasteiger partial charge in [-0.25, -0.2) is 0 Å². The Hall–Kier alpha value is -0.120. The van der Waals surface area contributed by atoms with Gasteiger partial charge in [0.15, 0.2) is 0 Å². The van der Waals surface area contributed by atoms with Crippen LogP contribution in [0.2, 0.25) is 0 Å². The fraction of sp³-hybridized carbons (Fsp3) is 1.00. The van der Waals surface area contributed by atoms with E-state index in [0.29, 0.717) is 0 Å². The van der Waals surface area contributed by atoms with E-state index in [-0.39, 0.29) is 30.1 Å². The highest BCUT2D eigenvalue weighted by Crippen LogP contribution is 2.37. The molecule has 2 fully saturated rings. The molecule has 6 atom stereocenters. The first-order valence-corrected chi connectivity index (χ1v) is 5.63. The summed E-state index contributed by atoms with van der Waals surface area (Å²) >= 11 is 0. The molecule has 3 heteroatoms. The van der Waals surface area contributed by atoms with Crippen molar-refractivity contribution in [2.24, 2.45) is 11.8 Å². The summed E-state index contributed by atoms with van der Waals surface area (Å²) in [5.74, 6) is 0.251. The fourth-order valence-electron chi connectivity index (χ4n) is 2.81. The van der Waals surface area contributed by atoms with E-state index >= 15 is 0 Å². The maximum Gasteiger partial charge on any atom is 0.0887 e. The van der Waals surface area contributed by atoms with Crippen LogP contribution in [0.5, 0.6) is 0 Å². The summed E-state index contributed by atoms with van der Waals surface area (Å²) in [6.07, 6.45) is 2.05. The van der Waals surface area contributed by atoms with Crippen LogP contribution in [-0.4, -0.2) is 34.6 Å². The summed E-state index contributed by atoms with van der Waals surface area (Å²) in [5.41, 5.74) is 0. The molecule has 0 aromatic heterocycles. The smallest absolute Gasteiger partial charge is 0.0887 e. The Morgan fingerprint density at radius 3 is 2.50 bits per heavy atom. The number of ether oxygens (including phenoxy) is 1. The molecule has 82 valence electrons. The predicted molar refractivity (Wildman–Crippen MR) is 52.9 cm³/mol. The maximum atomic E-state index is 10.0. The van der Waals surface area contributed by atoms with Crippen LogP contribution in [0.15, 0.2) is 0 Å². The van der Waals surface area contributed by atoms with Crippen molar-refractivity contribution in [2.75, 3.05) is 0 Å². The van der Waals surface area contributed by atoms with Crippen LogP contribution in [-0.2, 0) is 4.74 Å². The molecule has 0 aromatic carbocycles. The second-order valence-corrected chi connectivity index (χ2v) is 4.85. The SMILES string of the molecule is C[C@@H]1[C@H](O)[C@H](C)[C@@H]2CCC[C@@H](O)[C@H]1O2. The van der Waals surface area contributed by atoms with Crippen molar-refractivity contribution in [3.63, 3.8) is 0 Å². The van der Waals surface area contributed by atoms with Crippen molar-refractivity contribution in [3.8, 4) is 0 Å². The van der Waals surface area contributed by atoms with E-state index in [1.807, 2.05) is 13.8 Å². The highest BCUT2D eigenvalue weighted by molar-refractivity contribution is 4.92. The summed E-state index contributed by atoms with van der Waals surface area (Å²) in [4.78, 5) is 0. The zero-order valence-electron chi connectivity index (χ0n) is 8.89. The summed E-state index contributed by atoms with van der Waals surface area (Å²) in [5, 5.41) is 19.8. The summed E-state index contributed by atoms with van der Waals surface area (Å²) in [6, 6.07) is 0. The summed E-state index contributed by atoms with van der Waals surface area (Å²) < 4.78 is 5.84. The first kappa shape index (κ1) is 10.4. The Labute approximate surface area is 85.1 Å². The topological polar surface area (TPSA) is 49.7 Å². The van der Waals surface area contributed by atoms with Crippen LogP contribution in [0, 0.1) is 11.8 Å². The minimum atomic E-state index is -0.392. The van der Waals surface area contributed by atoms with Crippen LogP contribution < -0.4 is 0 Å². The van der Waals surface area contributed by atoms with Gasteiger partial charge in [0.25, 0.3) is 0 Å². The number of aliphatic hydroxyl groups is 2. The molecule has 2 aliphatic heterocycles. The van der Waals surface area contributed by atoms with E-state index in [0.717, 1.165) is 19.3 Å². The maximum absolute atomic E-state index is 10.0. The molecule has 14 heavy (non-hydrogen) atoms. The van der Waals surface area contributed by atoms with Crippen molar-refractivity contribution in [1.82, 2.24) is 0 Å². The average Bonchev–Trinajstić information content (AvgIpc) is 2.34. The molecule has 0 unspecified atom stereocenters. The Kier molecular flexibility index (Phi) is 2.82.